The van der Waals surface area contributed by atoms with Crippen molar-refractivity contribution in [1.29, 1.82) is 0 Å². The fourth-order valence-corrected chi connectivity index (χ4v) is 1.37. The zero-order chi connectivity index (χ0) is 11.8. The van der Waals surface area contributed by atoms with Gasteiger partial charge < -0.3 is 9.47 Å². The summed E-state index contributed by atoms with van der Waals surface area (Å²) in [6.07, 6.45) is 3.83. The number of carbonyl (C=O) groups excluding carboxylic acids is 1. The molecule has 0 aromatic heterocycles. The largest absolute Gasteiger partial charge is 0.479 e. The molecular formula is C12H19NO3. The van der Waals surface area contributed by atoms with Gasteiger partial charge in [0.05, 0.1) is 13.2 Å². The predicted molar refractivity (Wildman–Crippen MR) is 62.5 cm³/mol. The molecule has 1 aliphatic heterocycles. The Hall–Kier alpha value is -1.32. The van der Waals surface area contributed by atoms with E-state index in [2.05, 4.69) is 11.6 Å². The van der Waals surface area contributed by atoms with Crippen molar-refractivity contribution in [3.05, 3.63) is 12.2 Å². The van der Waals surface area contributed by atoms with Crippen LogP contribution in [0.4, 0.5) is 0 Å². The minimum absolute atomic E-state index is 0.302. The molecule has 0 saturated heterocycles. The lowest BCUT2D eigenvalue weighted by Gasteiger charge is -2.04. The van der Waals surface area contributed by atoms with Crippen LogP contribution in [0.5, 0.6) is 0 Å². The molecule has 0 unspecified atom stereocenters. The van der Waals surface area contributed by atoms with Crippen molar-refractivity contribution in [2.75, 3.05) is 19.8 Å². The van der Waals surface area contributed by atoms with Crippen LogP contribution in [-0.4, -0.2) is 31.6 Å². The van der Waals surface area contributed by atoms with Gasteiger partial charge in [0.1, 0.15) is 6.61 Å². The number of unbranched alkanes of at least 4 members (excludes halogenated alkanes) is 2. The molecule has 0 N–H and O–H groups in total. The summed E-state index contributed by atoms with van der Waals surface area (Å²) in [5.41, 5.74) is 0.453. The third-order valence-corrected chi connectivity index (χ3v) is 2.26. The number of esters is 1. The Kier molecular flexibility index (Phi) is 5.61. The molecule has 0 radical (unpaired) electrons. The third-order valence-electron chi connectivity index (χ3n) is 2.26. The van der Waals surface area contributed by atoms with Crippen LogP contribution < -0.4 is 0 Å². The van der Waals surface area contributed by atoms with Gasteiger partial charge in [-0.05, 0) is 26.2 Å². The number of hydrogen-bond acceptors (Lipinski definition) is 4. The number of rotatable bonds is 7. The number of hydrogen-bond donors (Lipinski definition) is 0. The first-order valence-corrected chi connectivity index (χ1v) is 5.69. The maximum atomic E-state index is 11.0. The fraction of sp³-hybridized carbons (Fsp3) is 0.667. The molecule has 0 saturated carbocycles. The number of aliphatic imine (C=N–C) groups is 1. The van der Waals surface area contributed by atoms with Gasteiger partial charge in [0.25, 0.3) is 0 Å². The molecule has 16 heavy (non-hydrogen) atoms. The van der Waals surface area contributed by atoms with E-state index < -0.39 is 0 Å². The highest BCUT2D eigenvalue weighted by Crippen LogP contribution is 2.06. The molecule has 4 nitrogen and oxygen atoms in total. The summed E-state index contributed by atoms with van der Waals surface area (Å²) in [6, 6.07) is 0. The first-order valence-electron chi connectivity index (χ1n) is 5.69. The maximum absolute atomic E-state index is 11.0. The molecule has 1 heterocycles. The second kappa shape index (κ2) is 7.04. The van der Waals surface area contributed by atoms with Crippen molar-refractivity contribution < 1.29 is 14.3 Å². The second-order valence-corrected chi connectivity index (χ2v) is 3.85. The van der Waals surface area contributed by atoms with Crippen LogP contribution in [0.3, 0.4) is 0 Å². The normalized spacial score (nSPS) is 14.2. The molecule has 0 fully saturated rings. The first kappa shape index (κ1) is 12.7. The average Bonchev–Trinajstić information content (AvgIpc) is 2.75. The van der Waals surface area contributed by atoms with Crippen LogP contribution in [0.25, 0.3) is 0 Å². The Morgan fingerprint density at radius 3 is 2.94 bits per heavy atom. The molecule has 0 aromatic rings. The van der Waals surface area contributed by atoms with Crippen LogP contribution in [-0.2, 0) is 14.3 Å². The Bertz CT molecular complexity index is 278. The van der Waals surface area contributed by atoms with E-state index in [1.807, 2.05) is 0 Å². The summed E-state index contributed by atoms with van der Waals surface area (Å²) in [5, 5.41) is 0. The van der Waals surface area contributed by atoms with Crippen molar-refractivity contribution in [1.82, 2.24) is 0 Å². The van der Waals surface area contributed by atoms with Crippen LogP contribution in [0.15, 0.2) is 17.1 Å². The Morgan fingerprint density at radius 1 is 1.50 bits per heavy atom. The Balaban J connectivity index is 1.92. The molecule has 0 bridgehead atoms. The van der Waals surface area contributed by atoms with Gasteiger partial charge in [-0.15, -0.1) is 0 Å². The summed E-state index contributed by atoms with van der Waals surface area (Å²) in [6.45, 7) is 7.16. The summed E-state index contributed by atoms with van der Waals surface area (Å²) in [7, 11) is 0. The van der Waals surface area contributed by atoms with E-state index >= 15 is 0 Å². The molecule has 0 aliphatic carbocycles. The van der Waals surface area contributed by atoms with Gasteiger partial charge in [0.2, 0.25) is 0 Å². The highest BCUT2D eigenvalue weighted by Gasteiger charge is 2.06. The Labute approximate surface area is 96.3 Å². The van der Waals surface area contributed by atoms with Crippen LogP contribution in [0.2, 0.25) is 0 Å². The predicted octanol–water partition coefficient (Wildman–Crippen LogP) is 2.09. The summed E-state index contributed by atoms with van der Waals surface area (Å²) >= 11 is 0. The standard InChI is InChI=1S/C12H19NO3/c1-10(2)12(14)16-8-5-3-4-6-11-13-7-9-15-11/h1,3-9H2,2H3. The van der Waals surface area contributed by atoms with E-state index in [0.717, 1.165) is 44.7 Å². The van der Waals surface area contributed by atoms with Crippen molar-refractivity contribution in [2.24, 2.45) is 4.99 Å². The Morgan fingerprint density at radius 2 is 2.31 bits per heavy atom. The number of nitrogens with zero attached hydrogens (tertiary/aromatic N) is 1. The maximum Gasteiger partial charge on any atom is 0.333 e. The SMILES string of the molecule is C=C(C)C(=O)OCCCCCC1=NCCO1. The van der Waals surface area contributed by atoms with Gasteiger partial charge in [-0.1, -0.05) is 6.58 Å². The smallest absolute Gasteiger partial charge is 0.333 e. The highest BCUT2D eigenvalue weighted by molar-refractivity contribution is 5.86. The van der Waals surface area contributed by atoms with E-state index in [4.69, 9.17) is 9.47 Å². The first-order chi connectivity index (χ1) is 7.70. The molecule has 1 rings (SSSR count). The third kappa shape index (κ3) is 4.96. The monoisotopic (exact) mass is 225 g/mol. The van der Waals surface area contributed by atoms with E-state index in [0.29, 0.717) is 12.2 Å². The van der Waals surface area contributed by atoms with E-state index in [1.165, 1.54) is 0 Å². The lowest BCUT2D eigenvalue weighted by Crippen LogP contribution is -2.06. The van der Waals surface area contributed by atoms with Gasteiger partial charge in [-0.2, -0.15) is 0 Å². The van der Waals surface area contributed by atoms with Gasteiger partial charge in [0.15, 0.2) is 5.90 Å². The minimum Gasteiger partial charge on any atom is -0.479 e. The van der Waals surface area contributed by atoms with Crippen LogP contribution in [0, 0.1) is 0 Å². The minimum atomic E-state index is -0.302. The molecule has 0 aromatic carbocycles. The second-order valence-electron chi connectivity index (χ2n) is 3.85. The molecule has 90 valence electrons. The van der Waals surface area contributed by atoms with E-state index in [-0.39, 0.29) is 5.97 Å². The van der Waals surface area contributed by atoms with Crippen molar-refractivity contribution in [3.8, 4) is 0 Å². The lowest BCUT2D eigenvalue weighted by molar-refractivity contribution is -0.139. The van der Waals surface area contributed by atoms with Gasteiger partial charge in [0, 0.05) is 12.0 Å². The zero-order valence-electron chi connectivity index (χ0n) is 9.83. The lowest BCUT2D eigenvalue weighted by atomic mass is 10.2. The van der Waals surface area contributed by atoms with E-state index in [1.54, 1.807) is 6.92 Å². The molecule has 4 heteroatoms. The molecule has 1 aliphatic rings. The van der Waals surface area contributed by atoms with Crippen molar-refractivity contribution in [2.45, 2.75) is 32.6 Å². The molecular weight excluding hydrogens is 206 g/mol. The fourth-order valence-electron chi connectivity index (χ4n) is 1.37. The highest BCUT2D eigenvalue weighted by atomic mass is 16.5. The molecule has 0 amide bonds. The van der Waals surface area contributed by atoms with E-state index in [9.17, 15) is 4.79 Å². The zero-order valence-corrected chi connectivity index (χ0v) is 9.83. The summed E-state index contributed by atoms with van der Waals surface area (Å²) in [4.78, 5) is 15.2. The van der Waals surface area contributed by atoms with Crippen molar-refractivity contribution in [3.63, 3.8) is 0 Å². The van der Waals surface area contributed by atoms with Crippen LogP contribution in [0.1, 0.15) is 32.6 Å². The number of ether oxygens (including phenoxy) is 2. The molecule has 0 spiro atoms. The van der Waals surface area contributed by atoms with Gasteiger partial charge in [-0.3, -0.25) is 4.99 Å². The number of carbonyl (C=O) groups is 1. The van der Waals surface area contributed by atoms with Gasteiger partial charge in [-0.25, -0.2) is 4.79 Å². The van der Waals surface area contributed by atoms with Gasteiger partial charge >= 0.3 is 5.97 Å². The summed E-state index contributed by atoms with van der Waals surface area (Å²) < 4.78 is 10.3. The quantitative estimate of drug-likeness (QED) is 0.378. The van der Waals surface area contributed by atoms with Crippen molar-refractivity contribution >= 4 is 11.9 Å². The average molecular weight is 225 g/mol. The molecule has 0 atom stereocenters. The topological polar surface area (TPSA) is 47.9 Å². The summed E-state index contributed by atoms with van der Waals surface area (Å²) in [5.74, 6) is 0.572. The van der Waals surface area contributed by atoms with Crippen LogP contribution >= 0.6 is 0 Å².